The Balaban J connectivity index is 4.85. The zero-order valence-corrected chi connectivity index (χ0v) is 12.0. The number of hydrogen-bond donors (Lipinski definition) is 2. The van der Waals surface area contributed by atoms with Crippen molar-refractivity contribution in [1.82, 2.24) is 10.6 Å². The summed E-state index contributed by atoms with van der Waals surface area (Å²) in [4.78, 5) is 14.2. The third-order valence-electron chi connectivity index (χ3n) is 2.22. The average molecular weight is 312 g/mol. The van der Waals surface area contributed by atoms with E-state index in [9.17, 15) is 18.0 Å². The molecule has 4 nitrogen and oxygen atoms in total. The molecule has 0 aromatic carbocycles. The van der Waals surface area contributed by atoms with E-state index in [-0.39, 0.29) is 29.7 Å². The molecule has 0 aliphatic heterocycles. The van der Waals surface area contributed by atoms with Crippen LogP contribution in [-0.4, -0.2) is 31.9 Å². The van der Waals surface area contributed by atoms with E-state index in [1.165, 1.54) is 13.8 Å². The summed E-state index contributed by atoms with van der Waals surface area (Å²) in [6.07, 6.45) is -3.82. The fraction of sp³-hybridized carbons (Fsp3) is 0.500. The van der Waals surface area contributed by atoms with E-state index in [0.29, 0.717) is 6.54 Å². The fourth-order valence-corrected chi connectivity index (χ4v) is 1.50. The highest BCUT2D eigenvalue weighted by molar-refractivity contribution is 6.31. The molecule has 2 N–H and O–H groups in total. The topological polar surface area (TPSA) is 53.5 Å². The van der Waals surface area contributed by atoms with E-state index >= 15 is 0 Å². The molecule has 0 spiro atoms. The summed E-state index contributed by atoms with van der Waals surface area (Å²) in [5.74, 6) is -0.174. The number of halogens is 4. The molecule has 0 atom stereocenters. The Kier molecular flexibility index (Phi) is 7.98. The van der Waals surface area contributed by atoms with Crippen LogP contribution in [0.2, 0.25) is 0 Å². The molecule has 0 aliphatic rings. The number of alkyl halides is 3. The summed E-state index contributed by atoms with van der Waals surface area (Å²) < 4.78 is 37.7. The Hall–Kier alpha value is -1.50. The Labute approximate surface area is 120 Å². The van der Waals surface area contributed by atoms with Crippen molar-refractivity contribution in [3.05, 3.63) is 22.5 Å². The summed E-state index contributed by atoms with van der Waals surface area (Å²) in [7, 11) is 0. The lowest BCUT2D eigenvalue weighted by molar-refractivity contribution is -0.118. The second-order valence-corrected chi connectivity index (χ2v) is 4.19. The van der Waals surface area contributed by atoms with Crippen LogP contribution in [0.25, 0.3) is 0 Å². The van der Waals surface area contributed by atoms with Crippen LogP contribution in [0, 0.1) is 0 Å². The van der Waals surface area contributed by atoms with Crippen LogP contribution in [0.1, 0.15) is 20.3 Å². The van der Waals surface area contributed by atoms with Crippen molar-refractivity contribution < 1.29 is 18.0 Å². The van der Waals surface area contributed by atoms with E-state index in [4.69, 9.17) is 11.6 Å². The standard InChI is InChI=1S/C12H17ClF3N3O/c1-4-9(12(14,15)16)7-10(13)11(17-3)19-6-5-18-8(2)20/h7,19H,3-6H2,1-2H3,(H,18,20)/b9-7+,11-10-. The van der Waals surface area contributed by atoms with Gasteiger partial charge in [-0.1, -0.05) is 18.5 Å². The van der Waals surface area contributed by atoms with Crippen LogP contribution in [0.4, 0.5) is 13.2 Å². The summed E-state index contributed by atoms with van der Waals surface area (Å²) in [5, 5.41) is 5.03. The minimum atomic E-state index is -4.43. The van der Waals surface area contributed by atoms with Crippen LogP contribution in [0.5, 0.6) is 0 Å². The third-order valence-corrected chi connectivity index (χ3v) is 2.51. The van der Waals surface area contributed by atoms with Crippen LogP contribution >= 0.6 is 11.6 Å². The van der Waals surface area contributed by atoms with Crippen LogP contribution in [-0.2, 0) is 4.79 Å². The summed E-state index contributed by atoms with van der Waals surface area (Å²) >= 11 is 5.79. The largest absolute Gasteiger partial charge is 0.412 e. The molecule has 0 unspecified atom stereocenters. The van der Waals surface area contributed by atoms with E-state index in [1.54, 1.807) is 0 Å². The fourth-order valence-electron chi connectivity index (χ4n) is 1.24. The van der Waals surface area contributed by atoms with Gasteiger partial charge in [0.15, 0.2) is 0 Å². The third kappa shape index (κ3) is 7.18. The number of carbonyl (C=O) groups is 1. The normalized spacial score (nSPS) is 13.6. The van der Waals surface area contributed by atoms with E-state index in [0.717, 1.165) is 6.08 Å². The lowest BCUT2D eigenvalue weighted by atomic mass is 10.2. The molecule has 114 valence electrons. The maximum absolute atomic E-state index is 12.6. The van der Waals surface area contributed by atoms with Crippen LogP contribution in [0.15, 0.2) is 27.5 Å². The highest BCUT2D eigenvalue weighted by atomic mass is 35.5. The Morgan fingerprint density at radius 2 is 1.90 bits per heavy atom. The van der Waals surface area contributed by atoms with Gasteiger partial charge in [0.05, 0.1) is 5.03 Å². The number of allylic oxidation sites excluding steroid dienone is 3. The first kappa shape index (κ1) is 18.5. The highest BCUT2D eigenvalue weighted by Gasteiger charge is 2.32. The lowest BCUT2D eigenvalue weighted by Gasteiger charge is -2.11. The van der Waals surface area contributed by atoms with Gasteiger partial charge >= 0.3 is 6.18 Å². The number of amides is 1. The van der Waals surface area contributed by atoms with Gasteiger partial charge < -0.3 is 10.6 Å². The summed E-state index contributed by atoms with van der Waals surface area (Å²) in [6.45, 7) is 6.54. The quantitative estimate of drug-likeness (QED) is 0.431. The van der Waals surface area contributed by atoms with E-state index in [2.05, 4.69) is 22.3 Å². The molecule has 0 aromatic rings. The van der Waals surface area contributed by atoms with Crippen molar-refractivity contribution in [2.24, 2.45) is 4.99 Å². The van der Waals surface area contributed by atoms with Crippen LogP contribution in [0.3, 0.4) is 0 Å². The van der Waals surface area contributed by atoms with E-state index in [1.807, 2.05) is 0 Å². The van der Waals surface area contributed by atoms with Gasteiger partial charge in [0, 0.05) is 25.6 Å². The average Bonchev–Trinajstić information content (AvgIpc) is 2.33. The molecule has 8 heteroatoms. The smallest absolute Gasteiger partial charge is 0.367 e. The summed E-state index contributed by atoms with van der Waals surface area (Å²) in [6, 6.07) is 0. The van der Waals surface area contributed by atoms with Gasteiger partial charge in [0.25, 0.3) is 0 Å². The molecule has 0 saturated heterocycles. The maximum atomic E-state index is 12.6. The van der Waals surface area contributed by atoms with Gasteiger partial charge in [0.1, 0.15) is 5.82 Å². The van der Waals surface area contributed by atoms with Gasteiger partial charge in [-0.15, -0.1) is 0 Å². The van der Waals surface area contributed by atoms with Crippen molar-refractivity contribution in [3.63, 3.8) is 0 Å². The molecular formula is C12H17ClF3N3O. The Morgan fingerprint density at radius 1 is 1.35 bits per heavy atom. The Morgan fingerprint density at radius 3 is 2.30 bits per heavy atom. The van der Waals surface area contributed by atoms with Crippen LogP contribution < -0.4 is 10.6 Å². The zero-order chi connectivity index (χ0) is 15.8. The summed E-state index contributed by atoms with van der Waals surface area (Å²) in [5.41, 5.74) is -0.757. The van der Waals surface area contributed by atoms with Crippen molar-refractivity contribution >= 4 is 24.2 Å². The minimum Gasteiger partial charge on any atom is -0.367 e. The first-order valence-electron chi connectivity index (χ1n) is 5.85. The zero-order valence-electron chi connectivity index (χ0n) is 11.3. The van der Waals surface area contributed by atoms with Crippen molar-refractivity contribution in [2.45, 2.75) is 26.4 Å². The molecule has 1 amide bonds. The van der Waals surface area contributed by atoms with Gasteiger partial charge in [-0.25, -0.2) is 4.99 Å². The van der Waals surface area contributed by atoms with Crippen molar-refractivity contribution in [3.8, 4) is 0 Å². The number of aliphatic imine (C=N–C) groups is 1. The minimum absolute atomic E-state index is 0.0345. The van der Waals surface area contributed by atoms with E-state index < -0.39 is 11.7 Å². The number of carbonyl (C=O) groups excluding carboxylic acids is 1. The second-order valence-electron chi connectivity index (χ2n) is 3.79. The van der Waals surface area contributed by atoms with Gasteiger partial charge in [-0.2, -0.15) is 13.2 Å². The maximum Gasteiger partial charge on any atom is 0.412 e. The molecule has 0 heterocycles. The molecule has 0 saturated carbocycles. The van der Waals surface area contributed by atoms with Gasteiger partial charge in [0.2, 0.25) is 5.91 Å². The van der Waals surface area contributed by atoms with Crippen molar-refractivity contribution in [2.75, 3.05) is 13.1 Å². The first-order chi connectivity index (χ1) is 9.22. The van der Waals surface area contributed by atoms with Gasteiger partial charge in [-0.05, 0) is 19.2 Å². The highest BCUT2D eigenvalue weighted by Crippen LogP contribution is 2.30. The van der Waals surface area contributed by atoms with Gasteiger partial charge in [-0.3, -0.25) is 4.79 Å². The molecule has 0 radical (unpaired) electrons. The predicted octanol–water partition coefficient (Wildman–Crippen LogP) is 2.72. The number of nitrogens with zero attached hydrogens (tertiary/aromatic N) is 1. The lowest BCUT2D eigenvalue weighted by Crippen LogP contribution is -2.29. The second kappa shape index (κ2) is 8.63. The molecule has 0 aliphatic carbocycles. The molecule has 0 rings (SSSR count). The Bertz CT molecular complexity index is 417. The SMILES string of the molecule is C=N/C(NCCNC(C)=O)=C(Cl)\C=C(/CC)C(F)(F)F. The number of nitrogens with one attached hydrogen (secondary N) is 2. The molecule has 0 aromatic heterocycles. The number of rotatable bonds is 7. The van der Waals surface area contributed by atoms with Crippen molar-refractivity contribution in [1.29, 1.82) is 0 Å². The first-order valence-corrected chi connectivity index (χ1v) is 6.22. The number of hydrogen-bond acceptors (Lipinski definition) is 3. The predicted molar refractivity (Wildman–Crippen MR) is 73.5 cm³/mol. The molecule has 0 bridgehead atoms. The molecular weight excluding hydrogens is 295 g/mol. The molecule has 0 fully saturated rings. The monoisotopic (exact) mass is 311 g/mol. The molecule has 20 heavy (non-hydrogen) atoms.